The number of rotatable bonds is 12. The summed E-state index contributed by atoms with van der Waals surface area (Å²) in [5, 5.41) is 81.0. The number of aliphatic hydroxyl groups excluding tert-OH is 8. The Labute approximate surface area is 298 Å². The second-order valence-electron chi connectivity index (χ2n) is 13.0. The fourth-order valence-corrected chi connectivity index (χ4v) is 7.16. The number of methoxy groups -OCH3 is 4. The molecule has 8 N–H and O–H groups in total. The Hall–Kier alpha value is -3.24. The first-order chi connectivity index (χ1) is 25.0. The third-order valence-corrected chi connectivity index (χ3v) is 10.1. The largest absolute Gasteiger partial charge is 0.493 e. The normalized spacial score (nSPS) is 37.3. The van der Waals surface area contributed by atoms with E-state index in [4.69, 9.17) is 47.4 Å². The minimum atomic E-state index is -1.65. The molecule has 14 atom stereocenters. The molecule has 2 aromatic carbocycles. The number of hydrogen-bond acceptors (Lipinski definition) is 18. The molecule has 18 heteroatoms. The molecule has 0 bridgehead atoms. The molecule has 4 heterocycles. The van der Waals surface area contributed by atoms with Crippen LogP contribution in [0, 0.1) is 11.8 Å². The molecule has 4 unspecified atom stereocenters. The highest BCUT2D eigenvalue weighted by molar-refractivity contribution is 5.56. The highest BCUT2D eigenvalue weighted by Gasteiger charge is 2.50. The van der Waals surface area contributed by atoms with Gasteiger partial charge in [-0.2, -0.15) is 0 Å². The van der Waals surface area contributed by atoms with Crippen molar-refractivity contribution in [2.24, 2.45) is 11.8 Å². The van der Waals surface area contributed by atoms with E-state index < -0.39 is 86.8 Å². The molecule has 290 valence electrons. The topological polar surface area (TPSA) is 254 Å². The summed E-state index contributed by atoms with van der Waals surface area (Å²) >= 11 is 0. The zero-order valence-corrected chi connectivity index (χ0v) is 28.9. The van der Waals surface area contributed by atoms with Crippen LogP contribution in [0.2, 0.25) is 0 Å². The average Bonchev–Trinajstić information content (AvgIpc) is 3.78. The Morgan fingerprint density at radius 2 is 0.846 bits per heavy atom. The maximum atomic E-state index is 10.5. The molecule has 0 amide bonds. The molecular weight excluding hydrogens is 696 g/mol. The molecule has 0 spiro atoms. The Kier molecular flexibility index (Phi) is 11.8. The third kappa shape index (κ3) is 6.94. The minimum Gasteiger partial charge on any atom is -0.493 e. The summed E-state index contributed by atoms with van der Waals surface area (Å²) in [6.45, 7) is -0.604. The third-order valence-electron chi connectivity index (χ3n) is 10.1. The van der Waals surface area contributed by atoms with Gasteiger partial charge in [0.15, 0.2) is 23.0 Å². The first-order valence-corrected chi connectivity index (χ1v) is 16.7. The van der Waals surface area contributed by atoms with Crippen molar-refractivity contribution < 1.29 is 88.2 Å². The molecule has 6 rings (SSSR count). The molecular formula is C34H46O18. The van der Waals surface area contributed by atoms with Crippen molar-refractivity contribution in [2.45, 2.75) is 73.6 Å². The van der Waals surface area contributed by atoms with Crippen molar-refractivity contribution in [3.05, 3.63) is 35.4 Å². The van der Waals surface area contributed by atoms with Gasteiger partial charge in [-0.25, -0.2) is 0 Å². The van der Waals surface area contributed by atoms with Gasteiger partial charge in [-0.05, 0) is 35.4 Å². The van der Waals surface area contributed by atoms with E-state index in [9.17, 15) is 40.9 Å². The van der Waals surface area contributed by atoms with Gasteiger partial charge in [0.25, 0.3) is 0 Å². The fraction of sp³-hybridized carbons (Fsp3) is 0.647. The molecule has 0 saturated carbocycles. The van der Waals surface area contributed by atoms with Crippen LogP contribution in [0.4, 0.5) is 0 Å². The summed E-state index contributed by atoms with van der Waals surface area (Å²) in [6, 6.07) is 6.78. The van der Waals surface area contributed by atoms with Gasteiger partial charge in [-0.1, -0.05) is 0 Å². The van der Waals surface area contributed by atoms with E-state index in [1.54, 1.807) is 24.3 Å². The molecule has 0 radical (unpaired) electrons. The van der Waals surface area contributed by atoms with Crippen molar-refractivity contribution in [3.8, 4) is 34.5 Å². The van der Waals surface area contributed by atoms with Gasteiger partial charge >= 0.3 is 0 Å². The maximum absolute atomic E-state index is 10.5. The van der Waals surface area contributed by atoms with Gasteiger partial charge in [0.2, 0.25) is 24.1 Å². The first kappa shape index (κ1) is 38.5. The Balaban J connectivity index is 1.22. The average molecular weight is 743 g/mol. The monoisotopic (exact) mass is 742 g/mol. The van der Waals surface area contributed by atoms with Crippen molar-refractivity contribution >= 4 is 0 Å². The quantitative estimate of drug-likeness (QED) is 0.119. The highest BCUT2D eigenvalue weighted by atomic mass is 16.7. The van der Waals surface area contributed by atoms with Gasteiger partial charge in [-0.15, -0.1) is 0 Å². The van der Waals surface area contributed by atoms with Crippen LogP contribution >= 0.6 is 0 Å². The van der Waals surface area contributed by atoms with E-state index in [0.29, 0.717) is 24.3 Å². The van der Waals surface area contributed by atoms with Crippen molar-refractivity contribution in [3.63, 3.8) is 0 Å². The minimum absolute atomic E-state index is 0.0541. The van der Waals surface area contributed by atoms with Gasteiger partial charge < -0.3 is 88.2 Å². The van der Waals surface area contributed by atoms with Crippen LogP contribution in [0.15, 0.2) is 24.3 Å². The lowest BCUT2D eigenvalue weighted by Gasteiger charge is -2.39. The Bertz CT molecular complexity index is 1360. The van der Waals surface area contributed by atoms with Crippen LogP contribution < -0.4 is 28.4 Å². The lowest BCUT2D eigenvalue weighted by molar-refractivity contribution is -0.277. The van der Waals surface area contributed by atoms with E-state index in [1.807, 2.05) is 0 Å². The second-order valence-corrected chi connectivity index (χ2v) is 13.0. The smallest absolute Gasteiger partial charge is 0.229 e. The molecule has 52 heavy (non-hydrogen) atoms. The summed E-state index contributed by atoms with van der Waals surface area (Å²) in [6.07, 6.45) is -15.9. The second kappa shape index (κ2) is 16.0. The molecule has 2 aromatic rings. The summed E-state index contributed by atoms with van der Waals surface area (Å²) in [5.41, 5.74) is 1.37. The van der Waals surface area contributed by atoms with Crippen LogP contribution in [0.3, 0.4) is 0 Å². The molecule has 4 aliphatic heterocycles. The Morgan fingerprint density at radius 3 is 1.13 bits per heavy atom. The van der Waals surface area contributed by atoms with Gasteiger partial charge in [0.05, 0.1) is 67.1 Å². The molecule has 4 aliphatic rings. The zero-order valence-electron chi connectivity index (χ0n) is 28.9. The lowest BCUT2D eigenvalue weighted by Crippen LogP contribution is -2.60. The van der Waals surface area contributed by atoms with Crippen LogP contribution in [0.25, 0.3) is 0 Å². The highest BCUT2D eigenvalue weighted by Crippen LogP contribution is 2.54. The van der Waals surface area contributed by atoms with E-state index in [2.05, 4.69) is 0 Å². The van der Waals surface area contributed by atoms with Crippen molar-refractivity contribution in [2.75, 3.05) is 54.9 Å². The summed E-state index contributed by atoms with van der Waals surface area (Å²) in [5.74, 6) is 0.683. The molecule has 4 saturated heterocycles. The predicted molar refractivity (Wildman–Crippen MR) is 172 cm³/mol. The van der Waals surface area contributed by atoms with Crippen LogP contribution in [-0.4, -0.2) is 157 Å². The van der Waals surface area contributed by atoms with Crippen molar-refractivity contribution in [1.82, 2.24) is 0 Å². The molecule has 18 nitrogen and oxygen atoms in total. The zero-order chi connectivity index (χ0) is 37.4. The number of aliphatic hydroxyl groups is 8. The summed E-state index contributed by atoms with van der Waals surface area (Å²) in [7, 11) is 5.66. The fourth-order valence-electron chi connectivity index (χ4n) is 7.16. The molecule has 4 fully saturated rings. The van der Waals surface area contributed by atoms with E-state index in [0.717, 1.165) is 0 Å². The standard InChI is InChI=1S/C34H46O18/c1-43-17-5-13(6-18(44-2)31(17)51-33-27(41)25(39)23(37)21(9-35)49-33)29-15-11-48-30(16(15)12-47-29)14-7-19(45-3)32(20(8-14)46-4)52-34-28(42)26(40)24(38)22(10-36)50-34/h5-8,15-16,21-30,33-42H,9-12H2,1-4H3/t15?,16?,21-,22-,23-,24-,25+,26+,27-,28-,29?,30?,33+,34+/m1/s1. The van der Waals surface area contributed by atoms with Crippen LogP contribution in [0.5, 0.6) is 34.5 Å². The van der Waals surface area contributed by atoms with Gasteiger partial charge in [0, 0.05) is 11.8 Å². The summed E-state index contributed by atoms with van der Waals surface area (Å²) < 4.78 is 58.0. The number of benzene rings is 2. The maximum Gasteiger partial charge on any atom is 0.229 e. The first-order valence-electron chi connectivity index (χ1n) is 16.7. The molecule has 0 aliphatic carbocycles. The number of fused-ring (bicyclic) bond motifs is 1. The van der Waals surface area contributed by atoms with Crippen LogP contribution in [-0.2, 0) is 18.9 Å². The SMILES string of the molecule is COc1cc(C2OCC3C(c4cc(OC)c(O[C@@H]5O[C@H](CO)[C@@H](O)[C@H](O)[C@H]5O)c(OC)c4)OCC23)cc(OC)c1O[C@@H]1O[C@H](CO)[C@@H](O)[C@H](O)[C@H]1O. The number of ether oxygens (including phenoxy) is 10. The predicted octanol–water partition coefficient (Wildman–Crippen LogP) is -1.85. The van der Waals surface area contributed by atoms with E-state index in [1.165, 1.54) is 28.4 Å². The van der Waals surface area contributed by atoms with Gasteiger partial charge in [0.1, 0.15) is 48.8 Å². The molecule has 0 aromatic heterocycles. The van der Waals surface area contributed by atoms with E-state index in [-0.39, 0.29) is 46.3 Å². The Morgan fingerprint density at radius 1 is 0.519 bits per heavy atom. The lowest BCUT2D eigenvalue weighted by atomic mass is 9.84. The van der Waals surface area contributed by atoms with E-state index >= 15 is 0 Å². The summed E-state index contributed by atoms with van der Waals surface area (Å²) in [4.78, 5) is 0. The number of hydrogen-bond donors (Lipinski definition) is 8. The van der Waals surface area contributed by atoms with Crippen LogP contribution in [0.1, 0.15) is 23.3 Å². The van der Waals surface area contributed by atoms with Gasteiger partial charge in [-0.3, -0.25) is 0 Å². The van der Waals surface area contributed by atoms with Crippen molar-refractivity contribution in [1.29, 1.82) is 0 Å².